The zero-order valence-electron chi connectivity index (χ0n) is 16.0. The molecular formula is C19H27ClFN5O. The van der Waals surface area contributed by atoms with E-state index in [1.54, 1.807) is 6.07 Å². The smallest absolute Gasteiger partial charge is 0.273 e. The molecular weight excluding hydrogens is 369 g/mol. The fourth-order valence-electron chi connectivity index (χ4n) is 3.35. The Morgan fingerprint density at radius 2 is 2.07 bits per heavy atom. The topological polar surface area (TPSA) is 71.8 Å². The van der Waals surface area contributed by atoms with Crippen LogP contribution in [0.4, 0.5) is 4.39 Å². The standard InChI is InChI=1S/C19H26FN5O.ClH/c1-13-17(23-24-25(13)16-7-9-21-10-8-16)18(26)22-12-19(2,3)14-5-4-6-15(20)11-14;/h4-6,11,16,21H,7-10,12H2,1-3H3,(H,22,26);1H. The highest BCUT2D eigenvalue weighted by Gasteiger charge is 2.26. The summed E-state index contributed by atoms with van der Waals surface area (Å²) in [5.74, 6) is -0.519. The van der Waals surface area contributed by atoms with E-state index in [-0.39, 0.29) is 30.2 Å². The molecule has 1 amide bonds. The lowest BCUT2D eigenvalue weighted by Crippen LogP contribution is -2.37. The van der Waals surface area contributed by atoms with Gasteiger partial charge >= 0.3 is 0 Å². The van der Waals surface area contributed by atoms with Gasteiger partial charge in [-0.05, 0) is 50.6 Å². The fraction of sp³-hybridized carbons (Fsp3) is 0.526. The molecule has 8 heteroatoms. The van der Waals surface area contributed by atoms with Gasteiger partial charge in [-0.3, -0.25) is 4.79 Å². The number of amides is 1. The molecule has 0 unspecified atom stereocenters. The first-order valence-electron chi connectivity index (χ1n) is 9.05. The number of benzene rings is 1. The zero-order valence-corrected chi connectivity index (χ0v) is 16.8. The quantitative estimate of drug-likeness (QED) is 0.816. The third-order valence-corrected chi connectivity index (χ3v) is 5.09. The molecule has 1 fully saturated rings. The second-order valence-electron chi connectivity index (χ2n) is 7.53. The fourth-order valence-corrected chi connectivity index (χ4v) is 3.35. The minimum Gasteiger partial charge on any atom is -0.350 e. The lowest BCUT2D eigenvalue weighted by molar-refractivity contribution is 0.0940. The van der Waals surface area contributed by atoms with E-state index in [2.05, 4.69) is 20.9 Å². The van der Waals surface area contributed by atoms with Crippen molar-refractivity contribution in [1.29, 1.82) is 0 Å². The van der Waals surface area contributed by atoms with E-state index in [1.165, 1.54) is 12.1 Å². The number of hydrogen-bond donors (Lipinski definition) is 2. The number of carbonyl (C=O) groups is 1. The second kappa shape index (κ2) is 8.80. The summed E-state index contributed by atoms with van der Waals surface area (Å²) in [7, 11) is 0. The van der Waals surface area contributed by atoms with Gasteiger partial charge in [0.25, 0.3) is 5.91 Å². The molecule has 2 heterocycles. The summed E-state index contributed by atoms with van der Waals surface area (Å²) < 4.78 is 15.3. The van der Waals surface area contributed by atoms with Gasteiger partial charge in [0.2, 0.25) is 0 Å². The van der Waals surface area contributed by atoms with Crippen molar-refractivity contribution >= 4 is 18.3 Å². The highest BCUT2D eigenvalue weighted by atomic mass is 35.5. The van der Waals surface area contributed by atoms with Crippen molar-refractivity contribution in [3.8, 4) is 0 Å². The van der Waals surface area contributed by atoms with Crippen molar-refractivity contribution in [3.63, 3.8) is 0 Å². The molecule has 148 valence electrons. The third kappa shape index (κ3) is 4.84. The van der Waals surface area contributed by atoms with Crippen LogP contribution in [0.15, 0.2) is 24.3 Å². The van der Waals surface area contributed by atoms with Gasteiger partial charge in [0.05, 0.1) is 11.7 Å². The Labute approximate surface area is 165 Å². The summed E-state index contributed by atoms with van der Waals surface area (Å²) in [4.78, 5) is 12.6. The minimum absolute atomic E-state index is 0. The lowest BCUT2D eigenvalue weighted by atomic mass is 9.84. The molecule has 0 saturated carbocycles. The third-order valence-electron chi connectivity index (χ3n) is 5.09. The maximum absolute atomic E-state index is 13.5. The van der Waals surface area contributed by atoms with Crippen LogP contribution in [-0.2, 0) is 5.41 Å². The molecule has 1 aromatic carbocycles. The molecule has 0 aliphatic carbocycles. The van der Waals surface area contributed by atoms with Crippen LogP contribution in [0.5, 0.6) is 0 Å². The number of nitrogens with one attached hydrogen (secondary N) is 2. The van der Waals surface area contributed by atoms with Crippen LogP contribution in [0, 0.1) is 12.7 Å². The van der Waals surface area contributed by atoms with Crippen molar-refractivity contribution in [3.05, 3.63) is 47.0 Å². The highest BCUT2D eigenvalue weighted by molar-refractivity contribution is 5.93. The molecule has 6 nitrogen and oxygen atoms in total. The molecule has 1 aliphatic heterocycles. The predicted molar refractivity (Wildman–Crippen MR) is 105 cm³/mol. The van der Waals surface area contributed by atoms with Gasteiger partial charge in [-0.1, -0.05) is 31.2 Å². The van der Waals surface area contributed by atoms with E-state index >= 15 is 0 Å². The molecule has 27 heavy (non-hydrogen) atoms. The summed E-state index contributed by atoms with van der Waals surface area (Å²) in [6, 6.07) is 6.76. The Bertz CT molecular complexity index is 786. The average Bonchev–Trinajstić information content (AvgIpc) is 3.02. The maximum Gasteiger partial charge on any atom is 0.273 e. The number of aromatic nitrogens is 3. The molecule has 2 aromatic rings. The van der Waals surface area contributed by atoms with Crippen LogP contribution < -0.4 is 10.6 Å². The summed E-state index contributed by atoms with van der Waals surface area (Å²) in [5, 5.41) is 14.5. The predicted octanol–water partition coefficient (Wildman–Crippen LogP) is 2.78. The monoisotopic (exact) mass is 395 g/mol. The van der Waals surface area contributed by atoms with E-state index in [0.717, 1.165) is 37.2 Å². The van der Waals surface area contributed by atoms with Gasteiger partial charge in [0.1, 0.15) is 5.82 Å². The molecule has 1 aromatic heterocycles. The minimum atomic E-state index is -0.392. The van der Waals surface area contributed by atoms with Crippen LogP contribution in [0.3, 0.4) is 0 Å². The Hall–Kier alpha value is -1.99. The van der Waals surface area contributed by atoms with Gasteiger partial charge in [-0.15, -0.1) is 17.5 Å². The van der Waals surface area contributed by atoms with Crippen molar-refractivity contribution in [1.82, 2.24) is 25.6 Å². The van der Waals surface area contributed by atoms with Gasteiger partial charge in [-0.25, -0.2) is 9.07 Å². The van der Waals surface area contributed by atoms with Crippen LogP contribution >= 0.6 is 12.4 Å². The van der Waals surface area contributed by atoms with Crippen LogP contribution in [-0.4, -0.2) is 40.5 Å². The Morgan fingerprint density at radius 3 is 2.74 bits per heavy atom. The Balaban J connectivity index is 0.00000261. The molecule has 3 rings (SSSR count). The highest BCUT2D eigenvalue weighted by Crippen LogP contribution is 2.23. The SMILES string of the molecule is Cc1c(C(=O)NCC(C)(C)c2cccc(F)c2)nnn1C1CCNCC1.Cl. The number of rotatable bonds is 5. The molecule has 0 bridgehead atoms. The summed E-state index contributed by atoms with van der Waals surface area (Å²) >= 11 is 0. The van der Waals surface area contributed by atoms with Gasteiger partial charge in [0, 0.05) is 12.0 Å². The number of nitrogens with zero attached hydrogens (tertiary/aromatic N) is 3. The van der Waals surface area contributed by atoms with Gasteiger partial charge in [0.15, 0.2) is 5.69 Å². The average molecular weight is 396 g/mol. The number of hydrogen-bond acceptors (Lipinski definition) is 4. The number of carbonyl (C=O) groups excluding carboxylic acids is 1. The van der Waals surface area contributed by atoms with Gasteiger partial charge < -0.3 is 10.6 Å². The molecule has 2 N–H and O–H groups in total. The Morgan fingerprint density at radius 1 is 1.37 bits per heavy atom. The van der Waals surface area contributed by atoms with E-state index in [9.17, 15) is 9.18 Å². The van der Waals surface area contributed by atoms with Crippen LogP contribution in [0.25, 0.3) is 0 Å². The number of halogens is 2. The maximum atomic E-state index is 13.5. The molecule has 0 radical (unpaired) electrons. The molecule has 1 aliphatic rings. The first-order valence-corrected chi connectivity index (χ1v) is 9.05. The van der Waals surface area contributed by atoms with E-state index in [1.807, 2.05) is 31.5 Å². The van der Waals surface area contributed by atoms with Crippen molar-refractivity contribution in [2.24, 2.45) is 0 Å². The van der Waals surface area contributed by atoms with E-state index in [0.29, 0.717) is 12.2 Å². The summed E-state index contributed by atoms with van der Waals surface area (Å²) in [5.41, 5.74) is 1.60. The van der Waals surface area contributed by atoms with Crippen LogP contribution in [0.2, 0.25) is 0 Å². The van der Waals surface area contributed by atoms with E-state index < -0.39 is 5.41 Å². The zero-order chi connectivity index (χ0) is 18.7. The van der Waals surface area contributed by atoms with Crippen molar-refractivity contribution in [2.75, 3.05) is 19.6 Å². The summed E-state index contributed by atoms with van der Waals surface area (Å²) in [6.07, 6.45) is 1.97. The largest absolute Gasteiger partial charge is 0.350 e. The first-order chi connectivity index (χ1) is 12.4. The lowest BCUT2D eigenvalue weighted by Gasteiger charge is -2.25. The molecule has 0 atom stereocenters. The van der Waals surface area contributed by atoms with Gasteiger partial charge in [-0.2, -0.15) is 0 Å². The Kier molecular flexibility index (Phi) is 6.95. The number of piperidine rings is 1. The molecule has 1 saturated heterocycles. The van der Waals surface area contributed by atoms with Crippen molar-refractivity contribution in [2.45, 2.75) is 45.1 Å². The van der Waals surface area contributed by atoms with Crippen LogP contribution in [0.1, 0.15) is 54.5 Å². The second-order valence-corrected chi connectivity index (χ2v) is 7.53. The van der Waals surface area contributed by atoms with Crippen molar-refractivity contribution < 1.29 is 9.18 Å². The molecule has 0 spiro atoms. The van der Waals surface area contributed by atoms with E-state index in [4.69, 9.17) is 0 Å². The normalized spacial score (nSPS) is 15.3. The summed E-state index contributed by atoms with van der Waals surface area (Å²) in [6.45, 7) is 8.12. The first kappa shape index (κ1) is 21.3.